The van der Waals surface area contributed by atoms with E-state index in [-0.39, 0.29) is 25.0 Å². The summed E-state index contributed by atoms with van der Waals surface area (Å²) in [6.45, 7) is 3.16. The average Bonchev–Trinajstić information content (AvgIpc) is 2.91. The van der Waals surface area contributed by atoms with Crippen molar-refractivity contribution in [2.24, 2.45) is 0 Å². The molecule has 10 heteroatoms. The van der Waals surface area contributed by atoms with Crippen molar-refractivity contribution in [2.45, 2.75) is 57.9 Å². The van der Waals surface area contributed by atoms with Gasteiger partial charge >= 0.3 is 12.1 Å². The molecule has 0 radical (unpaired) electrons. The van der Waals surface area contributed by atoms with Crippen LogP contribution in [0.25, 0.3) is 10.9 Å². The monoisotopic (exact) mass is 641 g/mol. The van der Waals surface area contributed by atoms with Gasteiger partial charge in [0, 0.05) is 47.1 Å². The summed E-state index contributed by atoms with van der Waals surface area (Å²) in [5.41, 5.74) is 3.39. The van der Waals surface area contributed by atoms with Crippen LogP contribution in [0.3, 0.4) is 0 Å². The van der Waals surface area contributed by atoms with E-state index in [2.05, 4.69) is 22.6 Å². The third-order valence-corrected chi connectivity index (χ3v) is 8.03. The van der Waals surface area contributed by atoms with Crippen molar-refractivity contribution in [1.29, 1.82) is 0 Å². The largest absolute Gasteiger partial charge is 0.463 e. The quantitative estimate of drug-likeness (QED) is 0.171. The lowest BCUT2D eigenvalue weighted by Crippen LogP contribution is -2.58. The van der Waals surface area contributed by atoms with Crippen LogP contribution in [-0.4, -0.2) is 76.1 Å². The van der Waals surface area contributed by atoms with Crippen LogP contribution in [0.4, 0.5) is 4.79 Å². The van der Waals surface area contributed by atoms with Gasteiger partial charge in [-0.3, -0.25) is 19.5 Å². The molecule has 0 N–H and O–H groups in total. The number of nitrogens with zero attached hydrogens (tertiary/aromatic N) is 3. The van der Waals surface area contributed by atoms with Crippen molar-refractivity contribution in [3.8, 4) is 0 Å². The molecule has 1 fully saturated rings. The van der Waals surface area contributed by atoms with E-state index in [0.29, 0.717) is 38.1 Å². The molecule has 1 atom stereocenters. The Morgan fingerprint density at radius 1 is 1.16 bits per heavy atom. The number of amides is 2. The fraction of sp³-hybridized carbons (Fsp3) is 0.556. The van der Waals surface area contributed by atoms with Crippen molar-refractivity contribution in [1.82, 2.24) is 14.8 Å². The van der Waals surface area contributed by atoms with Gasteiger partial charge in [-0.15, -0.1) is 0 Å². The minimum absolute atomic E-state index is 0.0189. The Morgan fingerprint density at radius 2 is 1.97 bits per heavy atom. The maximum Gasteiger partial charge on any atom is 0.410 e. The first-order chi connectivity index (χ1) is 17.9. The molecule has 0 saturated carbocycles. The maximum atomic E-state index is 13.5. The number of aryl methyl sites for hydroxylation is 1. The van der Waals surface area contributed by atoms with Crippen LogP contribution in [0.5, 0.6) is 0 Å². The standard InChI is InChI=1S/C27H33ClIN3O5/c1-2-6-24(33)37-17-19-16-31(12-13-32(19)27(35)36-14-5-11-29)26(34)18-9-10-21-23(15-18)30-22-8-4-3-7-20(22)25(21)28/h9-10,15,19H,2-8,11-14,16-17H2,1H3. The van der Waals surface area contributed by atoms with Gasteiger partial charge in [0.1, 0.15) is 6.61 Å². The zero-order valence-electron chi connectivity index (χ0n) is 21.1. The molecule has 200 valence electrons. The number of carbonyl (C=O) groups excluding carboxylic acids is 3. The van der Waals surface area contributed by atoms with Gasteiger partial charge in [0.25, 0.3) is 5.91 Å². The van der Waals surface area contributed by atoms with E-state index in [0.717, 1.165) is 63.7 Å². The number of benzene rings is 1. The maximum absolute atomic E-state index is 13.5. The van der Waals surface area contributed by atoms with Crippen molar-refractivity contribution in [3.63, 3.8) is 0 Å². The lowest BCUT2D eigenvalue weighted by molar-refractivity contribution is -0.145. The third-order valence-electron chi connectivity index (χ3n) is 6.84. The Bertz CT molecular complexity index is 1160. The van der Waals surface area contributed by atoms with E-state index < -0.39 is 12.1 Å². The first-order valence-electron chi connectivity index (χ1n) is 13.0. The molecule has 1 aliphatic carbocycles. The highest BCUT2D eigenvalue weighted by atomic mass is 127. The summed E-state index contributed by atoms with van der Waals surface area (Å²) in [6, 6.07) is 4.98. The Labute approximate surface area is 236 Å². The molecule has 8 nitrogen and oxygen atoms in total. The van der Waals surface area contributed by atoms with Gasteiger partial charge in [0.2, 0.25) is 0 Å². The van der Waals surface area contributed by atoms with E-state index in [4.69, 9.17) is 26.1 Å². The molecule has 0 spiro atoms. The number of pyridine rings is 1. The lowest BCUT2D eigenvalue weighted by Gasteiger charge is -2.40. The molecule has 1 aromatic heterocycles. The molecule has 37 heavy (non-hydrogen) atoms. The zero-order valence-corrected chi connectivity index (χ0v) is 24.1. The van der Waals surface area contributed by atoms with Crippen molar-refractivity contribution in [2.75, 3.05) is 37.3 Å². The fourth-order valence-corrected chi connectivity index (χ4v) is 5.54. The lowest BCUT2D eigenvalue weighted by atomic mass is 9.94. The fourth-order valence-electron chi connectivity index (χ4n) is 4.87. The van der Waals surface area contributed by atoms with E-state index >= 15 is 0 Å². The number of hydrogen-bond acceptors (Lipinski definition) is 6. The van der Waals surface area contributed by atoms with Crippen LogP contribution in [0.2, 0.25) is 5.02 Å². The molecule has 2 aromatic rings. The first kappa shape index (κ1) is 27.9. The number of fused-ring (bicyclic) bond motifs is 2. The summed E-state index contributed by atoms with van der Waals surface area (Å²) in [5, 5.41) is 1.60. The van der Waals surface area contributed by atoms with Crippen LogP contribution >= 0.6 is 34.2 Å². The highest BCUT2D eigenvalue weighted by Gasteiger charge is 2.35. The Morgan fingerprint density at radius 3 is 2.76 bits per heavy atom. The van der Waals surface area contributed by atoms with Crippen LogP contribution in [0.1, 0.15) is 60.6 Å². The topological polar surface area (TPSA) is 89.0 Å². The SMILES string of the molecule is CCCC(=O)OCC1CN(C(=O)c2ccc3c(Cl)c4c(nc3c2)CCCC4)CCN1C(=O)OCCCI. The summed E-state index contributed by atoms with van der Waals surface area (Å²) < 4.78 is 11.7. The second-order valence-electron chi connectivity index (χ2n) is 9.48. The number of carbonyl (C=O) groups is 3. The van der Waals surface area contributed by atoms with Crippen molar-refractivity contribution in [3.05, 3.63) is 40.0 Å². The Hall–Kier alpha value is -2.14. The molecule has 2 heterocycles. The van der Waals surface area contributed by atoms with Gasteiger partial charge in [-0.05, 0) is 56.2 Å². The van der Waals surface area contributed by atoms with Crippen LogP contribution in [0.15, 0.2) is 18.2 Å². The molecule has 4 rings (SSSR count). The number of halogens is 2. The van der Waals surface area contributed by atoms with E-state index in [1.807, 2.05) is 13.0 Å². The average molecular weight is 642 g/mol. The predicted octanol–water partition coefficient (Wildman–Crippen LogP) is 5.20. The summed E-state index contributed by atoms with van der Waals surface area (Å²) in [6.07, 6.45) is 5.36. The van der Waals surface area contributed by atoms with Crippen molar-refractivity contribution < 1.29 is 23.9 Å². The number of aromatic nitrogens is 1. The summed E-state index contributed by atoms with van der Waals surface area (Å²) in [5.74, 6) is -0.467. The first-order valence-corrected chi connectivity index (χ1v) is 14.9. The minimum atomic E-state index is -0.481. The van der Waals surface area contributed by atoms with Crippen LogP contribution in [0, 0.1) is 0 Å². The second kappa shape index (κ2) is 13.1. The molecule has 1 aliphatic heterocycles. The smallest absolute Gasteiger partial charge is 0.410 e. The summed E-state index contributed by atoms with van der Waals surface area (Å²) in [4.78, 5) is 46.4. The zero-order chi connectivity index (χ0) is 26.4. The molecule has 1 aromatic carbocycles. The van der Waals surface area contributed by atoms with Crippen molar-refractivity contribution >= 4 is 63.1 Å². The predicted molar refractivity (Wildman–Crippen MR) is 151 cm³/mol. The highest BCUT2D eigenvalue weighted by Crippen LogP contribution is 2.33. The number of ether oxygens (including phenoxy) is 2. The number of alkyl halides is 1. The molecule has 2 aliphatic rings. The molecule has 0 bridgehead atoms. The third kappa shape index (κ3) is 6.66. The number of esters is 1. The van der Waals surface area contributed by atoms with Gasteiger partial charge in [0.15, 0.2) is 0 Å². The highest BCUT2D eigenvalue weighted by molar-refractivity contribution is 14.1. The van der Waals surface area contributed by atoms with Gasteiger partial charge in [0.05, 0.1) is 23.2 Å². The van der Waals surface area contributed by atoms with E-state index in [9.17, 15) is 14.4 Å². The van der Waals surface area contributed by atoms with E-state index in [1.54, 1.807) is 21.9 Å². The number of rotatable bonds is 8. The molecular formula is C27H33ClIN3O5. The molecule has 2 amide bonds. The normalized spacial score (nSPS) is 17.4. The number of piperazine rings is 1. The summed E-state index contributed by atoms with van der Waals surface area (Å²) in [7, 11) is 0. The minimum Gasteiger partial charge on any atom is -0.463 e. The van der Waals surface area contributed by atoms with E-state index in [1.165, 1.54) is 0 Å². The second-order valence-corrected chi connectivity index (χ2v) is 10.9. The molecular weight excluding hydrogens is 609 g/mol. The van der Waals surface area contributed by atoms with Gasteiger partial charge < -0.3 is 14.4 Å². The van der Waals surface area contributed by atoms with Crippen LogP contribution in [-0.2, 0) is 27.1 Å². The van der Waals surface area contributed by atoms with Gasteiger partial charge in [-0.1, -0.05) is 47.2 Å². The molecule has 1 saturated heterocycles. The van der Waals surface area contributed by atoms with Gasteiger partial charge in [-0.2, -0.15) is 0 Å². The Balaban J connectivity index is 1.51. The van der Waals surface area contributed by atoms with Gasteiger partial charge in [-0.25, -0.2) is 4.79 Å². The van der Waals surface area contributed by atoms with Crippen LogP contribution < -0.4 is 0 Å². The molecule has 1 unspecified atom stereocenters. The Kier molecular flexibility index (Phi) is 9.86. The number of hydrogen-bond donors (Lipinski definition) is 0. The summed E-state index contributed by atoms with van der Waals surface area (Å²) >= 11 is 8.94.